The van der Waals surface area contributed by atoms with Gasteiger partial charge in [-0.1, -0.05) is 11.6 Å². The molecular formula is C8H7ClN4. The van der Waals surface area contributed by atoms with Gasteiger partial charge >= 0.3 is 0 Å². The molecule has 4 nitrogen and oxygen atoms in total. The van der Waals surface area contributed by atoms with Crippen molar-refractivity contribution in [3.8, 4) is 5.82 Å². The molecule has 0 bridgehead atoms. The van der Waals surface area contributed by atoms with Gasteiger partial charge in [0.25, 0.3) is 0 Å². The molecule has 0 atom stereocenters. The van der Waals surface area contributed by atoms with Gasteiger partial charge in [-0.05, 0) is 12.1 Å². The number of aromatic nitrogens is 3. The van der Waals surface area contributed by atoms with E-state index < -0.39 is 0 Å². The zero-order valence-electron chi connectivity index (χ0n) is 6.68. The molecule has 2 N–H and O–H groups in total. The fourth-order valence-electron chi connectivity index (χ4n) is 0.974. The number of hydrogen-bond acceptors (Lipinski definition) is 3. The Kier molecular flexibility index (Phi) is 1.90. The average Bonchev–Trinajstić information content (AvgIpc) is 2.53. The molecule has 2 heterocycles. The van der Waals surface area contributed by atoms with Gasteiger partial charge in [-0.15, -0.1) is 0 Å². The van der Waals surface area contributed by atoms with Gasteiger partial charge in [0.15, 0.2) is 0 Å². The topological polar surface area (TPSA) is 56.7 Å². The van der Waals surface area contributed by atoms with E-state index in [1.54, 1.807) is 35.4 Å². The highest BCUT2D eigenvalue weighted by atomic mass is 35.5. The van der Waals surface area contributed by atoms with Crippen LogP contribution >= 0.6 is 11.6 Å². The van der Waals surface area contributed by atoms with Crippen molar-refractivity contribution in [1.82, 2.24) is 14.5 Å². The van der Waals surface area contributed by atoms with Crippen LogP contribution in [0.5, 0.6) is 0 Å². The number of imidazole rings is 1. The zero-order valence-corrected chi connectivity index (χ0v) is 7.44. The highest BCUT2D eigenvalue weighted by Gasteiger charge is 1.98. The van der Waals surface area contributed by atoms with E-state index in [-0.39, 0.29) is 0 Å². The molecule has 0 aliphatic heterocycles. The van der Waals surface area contributed by atoms with Crippen LogP contribution in [0.1, 0.15) is 0 Å². The number of halogens is 1. The Morgan fingerprint density at radius 2 is 2.15 bits per heavy atom. The highest BCUT2D eigenvalue weighted by Crippen LogP contribution is 2.10. The minimum Gasteiger partial charge on any atom is -0.397 e. The summed E-state index contributed by atoms with van der Waals surface area (Å²) in [4.78, 5) is 7.97. The van der Waals surface area contributed by atoms with Crippen molar-refractivity contribution in [3.05, 3.63) is 36.0 Å². The third kappa shape index (κ3) is 1.62. The lowest BCUT2D eigenvalue weighted by Gasteiger charge is -1.99. The normalized spacial score (nSPS) is 10.2. The lowest BCUT2D eigenvalue weighted by atomic mass is 10.4. The molecule has 0 radical (unpaired) electrons. The summed E-state index contributed by atoms with van der Waals surface area (Å²) < 4.78 is 1.72. The van der Waals surface area contributed by atoms with Crippen molar-refractivity contribution in [3.63, 3.8) is 0 Å². The Balaban J connectivity index is 2.41. The van der Waals surface area contributed by atoms with Crippen molar-refractivity contribution < 1.29 is 0 Å². The SMILES string of the molecule is Nc1ccc(-n2cnc(Cl)c2)nc1. The number of nitrogens with zero attached hydrogens (tertiary/aromatic N) is 3. The largest absolute Gasteiger partial charge is 0.397 e. The number of nitrogen functional groups attached to an aromatic ring is 1. The molecule has 0 aromatic carbocycles. The van der Waals surface area contributed by atoms with Crippen molar-refractivity contribution in [2.24, 2.45) is 0 Å². The summed E-state index contributed by atoms with van der Waals surface area (Å²) in [7, 11) is 0. The summed E-state index contributed by atoms with van der Waals surface area (Å²) in [6.45, 7) is 0. The third-order valence-corrected chi connectivity index (χ3v) is 1.78. The van der Waals surface area contributed by atoms with E-state index >= 15 is 0 Å². The first-order chi connectivity index (χ1) is 6.25. The van der Waals surface area contributed by atoms with Crippen molar-refractivity contribution in [2.45, 2.75) is 0 Å². The van der Waals surface area contributed by atoms with Crippen LogP contribution in [0.3, 0.4) is 0 Å². The molecule has 0 spiro atoms. The van der Waals surface area contributed by atoms with Crippen molar-refractivity contribution in [2.75, 3.05) is 5.73 Å². The van der Waals surface area contributed by atoms with E-state index in [1.165, 1.54) is 0 Å². The molecule has 0 aliphatic carbocycles. The van der Waals surface area contributed by atoms with Crippen LogP contribution < -0.4 is 5.73 Å². The Morgan fingerprint density at radius 3 is 2.69 bits per heavy atom. The van der Waals surface area contributed by atoms with Gasteiger partial charge < -0.3 is 5.73 Å². The molecule has 2 aromatic rings. The van der Waals surface area contributed by atoms with Crippen LogP contribution in [0.2, 0.25) is 5.15 Å². The maximum Gasteiger partial charge on any atom is 0.147 e. The molecule has 13 heavy (non-hydrogen) atoms. The third-order valence-electron chi connectivity index (χ3n) is 1.59. The first kappa shape index (κ1) is 8.07. The molecule has 2 rings (SSSR count). The average molecular weight is 195 g/mol. The number of rotatable bonds is 1. The fourth-order valence-corrected chi connectivity index (χ4v) is 1.12. The number of pyridine rings is 1. The van der Waals surface area contributed by atoms with Gasteiger partial charge in [0.2, 0.25) is 0 Å². The minimum absolute atomic E-state index is 0.443. The second-order valence-corrected chi connectivity index (χ2v) is 2.94. The maximum absolute atomic E-state index is 5.66. The van der Waals surface area contributed by atoms with E-state index in [4.69, 9.17) is 17.3 Å². The summed E-state index contributed by atoms with van der Waals surface area (Å²) in [6.07, 6.45) is 4.87. The molecule has 0 aliphatic rings. The zero-order chi connectivity index (χ0) is 9.26. The highest BCUT2D eigenvalue weighted by molar-refractivity contribution is 6.29. The first-order valence-corrected chi connectivity index (χ1v) is 4.05. The van der Waals surface area contributed by atoms with Crippen LogP contribution in [0.15, 0.2) is 30.9 Å². The quantitative estimate of drug-likeness (QED) is 0.749. The second kappa shape index (κ2) is 3.06. The smallest absolute Gasteiger partial charge is 0.147 e. The van der Waals surface area contributed by atoms with E-state index in [0.717, 1.165) is 5.82 Å². The Bertz CT molecular complexity index is 406. The van der Waals surface area contributed by atoms with Crippen LogP contribution in [-0.2, 0) is 0 Å². The molecule has 0 amide bonds. The first-order valence-electron chi connectivity index (χ1n) is 3.67. The van der Waals surface area contributed by atoms with Crippen molar-refractivity contribution >= 4 is 17.3 Å². The Morgan fingerprint density at radius 1 is 1.31 bits per heavy atom. The van der Waals surface area contributed by atoms with Crippen molar-refractivity contribution in [1.29, 1.82) is 0 Å². The van der Waals surface area contributed by atoms with Gasteiger partial charge in [0, 0.05) is 6.20 Å². The summed E-state index contributed by atoms with van der Waals surface area (Å²) in [5, 5.41) is 0.443. The summed E-state index contributed by atoms with van der Waals surface area (Å²) in [6, 6.07) is 3.57. The lowest BCUT2D eigenvalue weighted by Crippen LogP contribution is -1.94. The van der Waals surface area contributed by atoms with Gasteiger partial charge in [0.1, 0.15) is 17.3 Å². The van der Waals surface area contributed by atoms with Gasteiger partial charge in [0.05, 0.1) is 11.9 Å². The molecule has 0 unspecified atom stereocenters. The minimum atomic E-state index is 0.443. The van der Waals surface area contributed by atoms with Crippen LogP contribution in [-0.4, -0.2) is 14.5 Å². The van der Waals surface area contributed by atoms with Gasteiger partial charge in [-0.25, -0.2) is 9.97 Å². The summed E-state index contributed by atoms with van der Waals surface area (Å²) in [5.74, 6) is 0.744. The second-order valence-electron chi connectivity index (χ2n) is 2.55. The van der Waals surface area contributed by atoms with Crippen LogP contribution in [0.4, 0.5) is 5.69 Å². The summed E-state index contributed by atoms with van der Waals surface area (Å²) in [5.41, 5.74) is 6.13. The fraction of sp³-hybridized carbons (Fsp3) is 0. The van der Waals surface area contributed by atoms with Crippen LogP contribution in [0.25, 0.3) is 5.82 Å². The maximum atomic E-state index is 5.66. The lowest BCUT2D eigenvalue weighted by molar-refractivity contribution is 0.994. The Labute approximate surface area is 80.0 Å². The van der Waals surface area contributed by atoms with E-state index in [0.29, 0.717) is 10.8 Å². The Hall–Kier alpha value is -1.55. The molecule has 0 saturated heterocycles. The van der Waals surface area contributed by atoms with Gasteiger partial charge in [-0.3, -0.25) is 4.57 Å². The summed E-state index contributed by atoms with van der Waals surface area (Å²) >= 11 is 5.66. The van der Waals surface area contributed by atoms with Gasteiger partial charge in [-0.2, -0.15) is 0 Å². The number of anilines is 1. The molecule has 5 heteroatoms. The van der Waals surface area contributed by atoms with E-state index in [2.05, 4.69) is 9.97 Å². The molecule has 2 aromatic heterocycles. The monoisotopic (exact) mass is 194 g/mol. The predicted octanol–water partition coefficient (Wildman–Crippen LogP) is 1.50. The number of hydrogen-bond donors (Lipinski definition) is 1. The van der Waals surface area contributed by atoms with E-state index in [9.17, 15) is 0 Å². The number of nitrogens with two attached hydrogens (primary N) is 1. The molecule has 0 saturated carbocycles. The van der Waals surface area contributed by atoms with Crippen LogP contribution in [0, 0.1) is 0 Å². The van der Waals surface area contributed by atoms with E-state index in [1.807, 2.05) is 0 Å². The molecular weight excluding hydrogens is 188 g/mol. The standard InChI is InChI=1S/C8H7ClN4/c9-7-4-13(5-12-7)8-2-1-6(10)3-11-8/h1-5H,10H2. The predicted molar refractivity (Wildman–Crippen MR) is 50.8 cm³/mol. The molecule has 66 valence electrons. The molecule has 0 fully saturated rings.